The van der Waals surface area contributed by atoms with Crippen LogP contribution in [0.25, 0.3) is 11.1 Å². The van der Waals surface area contributed by atoms with E-state index in [4.69, 9.17) is 0 Å². The number of benzene rings is 3. The zero-order chi connectivity index (χ0) is 17.1. The van der Waals surface area contributed by atoms with Gasteiger partial charge in [0.1, 0.15) is 0 Å². The summed E-state index contributed by atoms with van der Waals surface area (Å²) in [5.74, 6) is -4.96. The van der Waals surface area contributed by atoms with Crippen LogP contribution in [-0.4, -0.2) is 5.91 Å². The average molecular weight is 327 g/mol. The molecule has 0 aliphatic heterocycles. The van der Waals surface area contributed by atoms with Gasteiger partial charge in [-0.3, -0.25) is 4.79 Å². The summed E-state index contributed by atoms with van der Waals surface area (Å²) in [5.41, 5.74) is 1.78. The van der Waals surface area contributed by atoms with Crippen molar-refractivity contribution in [3.8, 4) is 11.1 Å². The first kappa shape index (κ1) is 15.8. The molecule has 0 aromatic heterocycles. The molecule has 0 saturated carbocycles. The number of nitrogens with one attached hydrogen (secondary N) is 1. The summed E-state index contributed by atoms with van der Waals surface area (Å²) in [7, 11) is 0. The molecular weight excluding hydrogens is 315 g/mol. The third kappa shape index (κ3) is 3.15. The first-order valence-corrected chi connectivity index (χ1v) is 7.16. The molecule has 24 heavy (non-hydrogen) atoms. The molecule has 0 fully saturated rings. The number of carbonyl (C=O) groups is 1. The van der Waals surface area contributed by atoms with Gasteiger partial charge in [0.25, 0.3) is 5.91 Å². The summed E-state index contributed by atoms with van der Waals surface area (Å²) in [6, 6.07) is 18.0. The Morgan fingerprint density at radius 3 is 2.00 bits per heavy atom. The third-order valence-electron chi connectivity index (χ3n) is 3.54. The highest BCUT2D eigenvalue weighted by Crippen LogP contribution is 2.22. The van der Waals surface area contributed by atoms with Crippen molar-refractivity contribution in [1.29, 1.82) is 0 Å². The first-order valence-electron chi connectivity index (χ1n) is 7.16. The molecule has 0 spiro atoms. The monoisotopic (exact) mass is 327 g/mol. The average Bonchev–Trinajstić information content (AvgIpc) is 2.63. The highest BCUT2D eigenvalue weighted by molar-refractivity contribution is 6.04. The zero-order valence-electron chi connectivity index (χ0n) is 12.4. The molecule has 3 aromatic rings. The van der Waals surface area contributed by atoms with Crippen LogP contribution in [0.5, 0.6) is 0 Å². The number of amides is 1. The molecule has 0 aliphatic carbocycles. The van der Waals surface area contributed by atoms with Crippen LogP contribution >= 0.6 is 0 Å². The van der Waals surface area contributed by atoms with E-state index in [-0.39, 0.29) is 5.56 Å². The maximum Gasteiger partial charge on any atom is 0.255 e. The Balaban J connectivity index is 1.80. The van der Waals surface area contributed by atoms with E-state index >= 15 is 0 Å². The van der Waals surface area contributed by atoms with Crippen LogP contribution in [0.2, 0.25) is 0 Å². The van der Waals surface area contributed by atoms with E-state index in [0.29, 0.717) is 0 Å². The summed E-state index contributed by atoms with van der Waals surface area (Å²) >= 11 is 0. The van der Waals surface area contributed by atoms with Crippen LogP contribution in [0.3, 0.4) is 0 Å². The minimum absolute atomic E-state index is 0.277. The van der Waals surface area contributed by atoms with Crippen molar-refractivity contribution in [2.45, 2.75) is 0 Å². The van der Waals surface area contributed by atoms with Gasteiger partial charge in [-0.15, -0.1) is 0 Å². The fraction of sp³-hybridized carbons (Fsp3) is 0. The van der Waals surface area contributed by atoms with Crippen molar-refractivity contribution in [3.05, 3.63) is 89.7 Å². The number of halogens is 3. The van der Waals surface area contributed by atoms with Crippen LogP contribution in [0, 0.1) is 17.5 Å². The molecule has 1 N–H and O–H groups in total. The van der Waals surface area contributed by atoms with Crippen LogP contribution in [0.4, 0.5) is 18.9 Å². The fourth-order valence-electron chi connectivity index (χ4n) is 2.26. The van der Waals surface area contributed by atoms with E-state index in [1.54, 1.807) is 24.3 Å². The van der Waals surface area contributed by atoms with Gasteiger partial charge in [-0.05, 0) is 35.4 Å². The maximum atomic E-state index is 13.6. The van der Waals surface area contributed by atoms with Crippen molar-refractivity contribution in [1.82, 2.24) is 0 Å². The number of carbonyl (C=O) groups excluding carboxylic acids is 1. The van der Waals surface area contributed by atoms with E-state index in [9.17, 15) is 18.0 Å². The van der Waals surface area contributed by atoms with E-state index < -0.39 is 29.0 Å². The van der Waals surface area contributed by atoms with Gasteiger partial charge in [-0.25, -0.2) is 13.2 Å². The second kappa shape index (κ2) is 6.58. The number of hydrogen-bond donors (Lipinski definition) is 1. The molecule has 0 radical (unpaired) electrons. The molecule has 3 rings (SSSR count). The molecule has 0 aliphatic rings. The van der Waals surface area contributed by atoms with Crippen LogP contribution in [-0.2, 0) is 0 Å². The molecular formula is C19H12F3NO. The lowest BCUT2D eigenvalue weighted by molar-refractivity contribution is 0.102. The fourth-order valence-corrected chi connectivity index (χ4v) is 2.26. The molecule has 0 saturated heterocycles. The first-order chi connectivity index (χ1) is 11.6. The second-order valence-electron chi connectivity index (χ2n) is 5.12. The summed E-state index contributed by atoms with van der Waals surface area (Å²) in [5, 5.41) is 2.23. The van der Waals surface area contributed by atoms with Crippen LogP contribution in [0.15, 0.2) is 66.7 Å². The predicted molar refractivity (Wildman–Crippen MR) is 86.1 cm³/mol. The number of hydrogen-bond acceptors (Lipinski definition) is 1. The number of anilines is 1. The summed E-state index contributed by atoms with van der Waals surface area (Å²) < 4.78 is 39.7. The Bertz CT molecular complexity index is 877. The van der Waals surface area contributed by atoms with Gasteiger partial charge in [0.15, 0.2) is 17.5 Å². The van der Waals surface area contributed by atoms with Gasteiger partial charge in [-0.1, -0.05) is 42.5 Å². The lowest BCUT2D eigenvalue weighted by Crippen LogP contribution is -2.13. The van der Waals surface area contributed by atoms with E-state index in [2.05, 4.69) is 5.32 Å². The molecule has 0 atom stereocenters. The largest absolute Gasteiger partial charge is 0.319 e. The van der Waals surface area contributed by atoms with Gasteiger partial charge in [-0.2, -0.15) is 0 Å². The Hall–Kier alpha value is -3.08. The summed E-state index contributed by atoms with van der Waals surface area (Å²) in [6.07, 6.45) is 0. The lowest BCUT2D eigenvalue weighted by atomic mass is 10.0. The SMILES string of the molecule is O=C(Nc1ccc(F)c(F)c1F)c1ccc(-c2ccccc2)cc1. The van der Waals surface area contributed by atoms with Crippen molar-refractivity contribution in [2.75, 3.05) is 5.32 Å². The minimum atomic E-state index is -1.62. The highest BCUT2D eigenvalue weighted by Gasteiger charge is 2.16. The Morgan fingerprint density at radius 1 is 0.708 bits per heavy atom. The predicted octanol–water partition coefficient (Wildman–Crippen LogP) is 5.02. The molecule has 5 heteroatoms. The molecule has 3 aromatic carbocycles. The minimum Gasteiger partial charge on any atom is -0.319 e. The third-order valence-corrected chi connectivity index (χ3v) is 3.54. The van der Waals surface area contributed by atoms with Crippen molar-refractivity contribution in [2.24, 2.45) is 0 Å². The Labute approximate surface area is 136 Å². The lowest BCUT2D eigenvalue weighted by Gasteiger charge is -2.08. The summed E-state index contributed by atoms with van der Waals surface area (Å²) in [4.78, 5) is 12.1. The standard InChI is InChI=1S/C19H12F3NO/c20-15-10-11-16(18(22)17(15)21)23-19(24)14-8-6-13(7-9-14)12-4-2-1-3-5-12/h1-11H,(H,23,24). The molecule has 0 bridgehead atoms. The van der Waals surface area contributed by atoms with E-state index in [1.165, 1.54) is 0 Å². The molecule has 0 unspecified atom stereocenters. The molecule has 2 nitrogen and oxygen atoms in total. The quantitative estimate of drug-likeness (QED) is 0.672. The molecule has 1 amide bonds. The van der Waals surface area contributed by atoms with Gasteiger partial charge < -0.3 is 5.32 Å². The Morgan fingerprint density at radius 2 is 1.33 bits per heavy atom. The van der Waals surface area contributed by atoms with Crippen molar-refractivity contribution >= 4 is 11.6 Å². The Kier molecular flexibility index (Phi) is 4.33. The second-order valence-corrected chi connectivity index (χ2v) is 5.12. The van der Waals surface area contributed by atoms with Crippen molar-refractivity contribution < 1.29 is 18.0 Å². The van der Waals surface area contributed by atoms with Gasteiger partial charge in [0.2, 0.25) is 0 Å². The highest BCUT2D eigenvalue weighted by atomic mass is 19.2. The van der Waals surface area contributed by atoms with Crippen LogP contribution in [0.1, 0.15) is 10.4 Å². The van der Waals surface area contributed by atoms with Crippen molar-refractivity contribution in [3.63, 3.8) is 0 Å². The van der Waals surface area contributed by atoms with Gasteiger partial charge >= 0.3 is 0 Å². The smallest absolute Gasteiger partial charge is 0.255 e. The van der Waals surface area contributed by atoms with E-state index in [1.807, 2.05) is 30.3 Å². The van der Waals surface area contributed by atoms with Gasteiger partial charge in [0.05, 0.1) is 5.69 Å². The van der Waals surface area contributed by atoms with Crippen LogP contribution < -0.4 is 5.32 Å². The van der Waals surface area contributed by atoms with E-state index in [0.717, 1.165) is 23.3 Å². The molecule has 120 valence electrons. The zero-order valence-corrected chi connectivity index (χ0v) is 12.4. The maximum absolute atomic E-state index is 13.6. The van der Waals surface area contributed by atoms with Gasteiger partial charge in [0, 0.05) is 5.56 Å². The topological polar surface area (TPSA) is 29.1 Å². The molecule has 0 heterocycles. The summed E-state index contributed by atoms with van der Waals surface area (Å²) in [6.45, 7) is 0. The normalized spacial score (nSPS) is 10.5. The number of rotatable bonds is 3.